The maximum Gasteiger partial charge on any atom is 0.156 e. The Balaban J connectivity index is 1.88. The molecule has 1 aliphatic heterocycles. The van der Waals surface area contributed by atoms with Gasteiger partial charge in [0.05, 0.1) is 11.6 Å². The molecule has 16 heavy (non-hydrogen) atoms. The van der Waals surface area contributed by atoms with Crippen molar-refractivity contribution in [1.82, 2.24) is 10.3 Å². The third-order valence-electron chi connectivity index (χ3n) is 2.54. The molecular weight excluding hydrogens is 238 g/mol. The first-order valence-corrected chi connectivity index (χ1v) is 7.45. The predicted molar refractivity (Wildman–Crippen MR) is 72.5 cm³/mol. The van der Waals surface area contributed by atoms with Gasteiger partial charge in [-0.1, -0.05) is 18.7 Å². The van der Waals surface area contributed by atoms with E-state index < -0.39 is 0 Å². The molecule has 0 aromatic carbocycles. The van der Waals surface area contributed by atoms with E-state index in [2.05, 4.69) is 29.1 Å². The van der Waals surface area contributed by atoms with Crippen molar-refractivity contribution in [2.75, 3.05) is 12.3 Å². The molecule has 2 atom stereocenters. The zero-order valence-electron chi connectivity index (χ0n) is 9.64. The van der Waals surface area contributed by atoms with Crippen LogP contribution in [0.1, 0.15) is 31.2 Å². The molecule has 0 spiro atoms. The number of hydrogen-bond acceptors (Lipinski definition) is 4. The zero-order chi connectivity index (χ0) is 11.4. The van der Waals surface area contributed by atoms with Gasteiger partial charge in [0.25, 0.3) is 0 Å². The van der Waals surface area contributed by atoms with Crippen LogP contribution in [0.25, 0.3) is 0 Å². The van der Waals surface area contributed by atoms with E-state index in [9.17, 15) is 0 Å². The second kappa shape index (κ2) is 5.68. The number of nitrogens with one attached hydrogen (secondary N) is 1. The quantitative estimate of drug-likeness (QED) is 0.902. The minimum Gasteiger partial charge on any atom is -0.362 e. The Bertz CT molecular complexity index is 348. The molecule has 1 aliphatic rings. The Morgan fingerprint density at radius 3 is 3.25 bits per heavy atom. The first-order valence-electron chi connectivity index (χ1n) is 5.59. The minimum atomic E-state index is 0.423. The number of thioether (sulfide) groups is 1. The standard InChI is InChI=1S/C11H17N3S2/c1-8(10-12-4-6-15-10)7-13-11-14-9(2)3-5-16-11/h4,6,8-9H,3,5,7H2,1-2H3,(H,13,14). The van der Waals surface area contributed by atoms with E-state index in [4.69, 9.17) is 0 Å². The fourth-order valence-corrected chi connectivity index (χ4v) is 3.33. The molecule has 1 aromatic heterocycles. The Labute approximate surface area is 105 Å². The van der Waals surface area contributed by atoms with Crippen molar-refractivity contribution in [3.05, 3.63) is 16.6 Å². The van der Waals surface area contributed by atoms with Crippen LogP contribution >= 0.6 is 23.1 Å². The summed E-state index contributed by atoms with van der Waals surface area (Å²) in [7, 11) is 0. The van der Waals surface area contributed by atoms with Gasteiger partial charge in [-0.05, 0) is 13.3 Å². The average Bonchev–Trinajstić information content (AvgIpc) is 2.79. The van der Waals surface area contributed by atoms with Gasteiger partial charge in [0, 0.05) is 29.3 Å². The number of hydrogen-bond donors (Lipinski definition) is 1. The van der Waals surface area contributed by atoms with E-state index in [1.807, 2.05) is 23.3 Å². The minimum absolute atomic E-state index is 0.423. The van der Waals surface area contributed by atoms with E-state index in [-0.39, 0.29) is 0 Å². The van der Waals surface area contributed by atoms with Gasteiger partial charge in [0.15, 0.2) is 5.17 Å². The second-order valence-electron chi connectivity index (χ2n) is 4.10. The van der Waals surface area contributed by atoms with Gasteiger partial charge >= 0.3 is 0 Å². The van der Waals surface area contributed by atoms with Crippen LogP contribution in [0.15, 0.2) is 16.6 Å². The number of nitrogens with zero attached hydrogens (tertiary/aromatic N) is 2. The number of thiazole rings is 1. The van der Waals surface area contributed by atoms with Gasteiger partial charge < -0.3 is 5.32 Å². The third kappa shape index (κ3) is 3.22. The fraction of sp³-hybridized carbons (Fsp3) is 0.636. The third-order valence-corrected chi connectivity index (χ3v) is 4.51. The average molecular weight is 255 g/mol. The summed E-state index contributed by atoms with van der Waals surface area (Å²) >= 11 is 3.54. The van der Waals surface area contributed by atoms with Crippen molar-refractivity contribution in [3.63, 3.8) is 0 Å². The normalized spacial score (nSPS) is 25.4. The van der Waals surface area contributed by atoms with Crippen LogP contribution in [-0.4, -0.2) is 28.5 Å². The summed E-state index contributed by atoms with van der Waals surface area (Å²) in [6.45, 7) is 5.22. The summed E-state index contributed by atoms with van der Waals surface area (Å²) in [4.78, 5) is 8.94. The molecule has 0 amide bonds. The maximum absolute atomic E-state index is 4.62. The predicted octanol–water partition coefficient (Wildman–Crippen LogP) is 2.72. The molecule has 88 valence electrons. The zero-order valence-corrected chi connectivity index (χ0v) is 11.3. The van der Waals surface area contributed by atoms with Crippen LogP contribution < -0.4 is 5.32 Å². The topological polar surface area (TPSA) is 37.3 Å². The number of aliphatic imine (C=N–C) groups is 1. The molecule has 0 aliphatic carbocycles. The first kappa shape index (κ1) is 11.9. The Hall–Kier alpha value is -0.550. The van der Waals surface area contributed by atoms with Crippen LogP contribution in [0.2, 0.25) is 0 Å². The van der Waals surface area contributed by atoms with E-state index in [0.29, 0.717) is 12.0 Å². The monoisotopic (exact) mass is 255 g/mol. The maximum atomic E-state index is 4.62. The van der Waals surface area contributed by atoms with Gasteiger partial charge in [0.1, 0.15) is 0 Å². The van der Waals surface area contributed by atoms with Crippen LogP contribution in [0, 0.1) is 0 Å². The molecule has 5 heteroatoms. The largest absolute Gasteiger partial charge is 0.362 e. The molecule has 0 radical (unpaired) electrons. The number of rotatable bonds is 3. The SMILES string of the molecule is CC1CCSC(=NCC(C)c2nccs2)N1. The lowest BCUT2D eigenvalue weighted by Gasteiger charge is -2.22. The van der Waals surface area contributed by atoms with Crippen molar-refractivity contribution >= 4 is 28.3 Å². The molecule has 1 N–H and O–H groups in total. The van der Waals surface area contributed by atoms with Gasteiger partial charge in [-0.2, -0.15) is 0 Å². The molecule has 2 unspecified atom stereocenters. The van der Waals surface area contributed by atoms with Gasteiger partial charge in [0.2, 0.25) is 0 Å². The molecule has 2 heterocycles. The number of aromatic nitrogens is 1. The molecule has 0 saturated carbocycles. The highest BCUT2D eigenvalue weighted by molar-refractivity contribution is 8.13. The van der Waals surface area contributed by atoms with Crippen LogP contribution in [0.3, 0.4) is 0 Å². The molecule has 1 aromatic rings. The lowest BCUT2D eigenvalue weighted by atomic mass is 10.2. The summed E-state index contributed by atoms with van der Waals surface area (Å²) in [6.07, 6.45) is 3.09. The smallest absolute Gasteiger partial charge is 0.156 e. The van der Waals surface area contributed by atoms with Crippen molar-refractivity contribution < 1.29 is 0 Å². The van der Waals surface area contributed by atoms with Crippen LogP contribution in [0.4, 0.5) is 0 Å². The lowest BCUT2D eigenvalue weighted by molar-refractivity contribution is 0.640. The Kier molecular flexibility index (Phi) is 4.23. The molecule has 1 fully saturated rings. The summed E-state index contributed by atoms with van der Waals surface area (Å²) in [5.41, 5.74) is 0. The molecule has 1 saturated heterocycles. The highest BCUT2D eigenvalue weighted by Gasteiger charge is 2.14. The fourth-order valence-electron chi connectivity index (χ4n) is 1.52. The Morgan fingerprint density at radius 2 is 2.56 bits per heavy atom. The first-order chi connectivity index (χ1) is 7.75. The highest BCUT2D eigenvalue weighted by atomic mass is 32.2. The van der Waals surface area contributed by atoms with E-state index in [0.717, 1.165) is 11.7 Å². The molecule has 3 nitrogen and oxygen atoms in total. The summed E-state index contributed by atoms with van der Waals surface area (Å²) in [5.74, 6) is 1.60. The molecular formula is C11H17N3S2. The summed E-state index contributed by atoms with van der Waals surface area (Å²) < 4.78 is 0. The van der Waals surface area contributed by atoms with Crippen LogP contribution in [-0.2, 0) is 0 Å². The van der Waals surface area contributed by atoms with E-state index >= 15 is 0 Å². The van der Waals surface area contributed by atoms with Crippen molar-refractivity contribution in [1.29, 1.82) is 0 Å². The molecule has 2 rings (SSSR count). The Morgan fingerprint density at radius 1 is 1.69 bits per heavy atom. The van der Waals surface area contributed by atoms with Gasteiger partial charge in [-0.3, -0.25) is 4.99 Å². The van der Waals surface area contributed by atoms with Crippen molar-refractivity contribution in [2.45, 2.75) is 32.2 Å². The summed E-state index contributed by atoms with van der Waals surface area (Å²) in [6, 6.07) is 0.565. The van der Waals surface area contributed by atoms with E-state index in [1.54, 1.807) is 11.3 Å². The highest BCUT2D eigenvalue weighted by Crippen LogP contribution is 2.19. The van der Waals surface area contributed by atoms with Gasteiger partial charge in [-0.25, -0.2) is 4.98 Å². The second-order valence-corrected chi connectivity index (χ2v) is 6.11. The van der Waals surface area contributed by atoms with Crippen molar-refractivity contribution in [2.24, 2.45) is 4.99 Å². The van der Waals surface area contributed by atoms with E-state index in [1.165, 1.54) is 17.2 Å². The van der Waals surface area contributed by atoms with Crippen molar-refractivity contribution in [3.8, 4) is 0 Å². The summed E-state index contributed by atoms with van der Waals surface area (Å²) in [5, 5.41) is 7.71. The lowest BCUT2D eigenvalue weighted by Crippen LogP contribution is -2.35. The number of amidine groups is 1. The molecule has 0 bridgehead atoms. The van der Waals surface area contributed by atoms with Gasteiger partial charge in [-0.15, -0.1) is 11.3 Å². The van der Waals surface area contributed by atoms with Crippen LogP contribution in [0.5, 0.6) is 0 Å².